The molecule has 5 nitrogen and oxygen atoms in total. The maximum absolute atomic E-state index is 13.2. The molecule has 0 unspecified atom stereocenters. The summed E-state index contributed by atoms with van der Waals surface area (Å²) in [5, 5.41) is 16.4. The summed E-state index contributed by atoms with van der Waals surface area (Å²) in [4.78, 5) is 0. The van der Waals surface area contributed by atoms with Crippen LogP contribution in [0, 0.1) is 17.1 Å². The molecule has 0 saturated carbocycles. The van der Waals surface area contributed by atoms with Crippen molar-refractivity contribution in [2.24, 2.45) is 5.73 Å². The van der Waals surface area contributed by atoms with Gasteiger partial charge in [-0.15, -0.1) is 0 Å². The first-order chi connectivity index (χ1) is 10.7. The number of hydrogen-bond donors (Lipinski definition) is 2. The Hall–Kier alpha value is -2.81. The lowest BCUT2D eigenvalue weighted by molar-refractivity contribution is 0.424. The van der Waals surface area contributed by atoms with Crippen molar-refractivity contribution in [3.63, 3.8) is 0 Å². The third kappa shape index (κ3) is 2.21. The van der Waals surface area contributed by atoms with Gasteiger partial charge in [0.05, 0.1) is 28.8 Å². The Balaban J connectivity index is 2.19. The van der Waals surface area contributed by atoms with E-state index in [0.29, 0.717) is 11.5 Å². The average Bonchev–Trinajstić information content (AvgIpc) is 2.90. The van der Waals surface area contributed by atoms with E-state index in [1.807, 2.05) is 6.92 Å². The zero-order chi connectivity index (χ0) is 15.7. The molecule has 1 aromatic heterocycles. The monoisotopic (exact) mass is 298 g/mol. The zero-order valence-electron chi connectivity index (χ0n) is 12.1. The molecule has 0 saturated heterocycles. The van der Waals surface area contributed by atoms with Crippen molar-refractivity contribution in [2.45, 2.75) is 25.7 Å². The van der Waals surface area contributed by atoms with Crippen molar-refractivity contribution in [3.05, 3.63) is 58.3 Å². The summed E-state index contributed by atoms with van der Waals surface area (Å²) in [6.07, 6.45) is 1.63. The molecule has 0 radical (unpaired) electrons. The molecule has 2 heterocycles. The van der Waals surface area contributed by atoms with Crippen molar-refractivity contribution in [1.29, 1.82) is 5.26 Å². The smallest absolute Gasteiger partial charge is 0.234 e. The number of fused-ring (bicyclic) bond motifs is 1. The Labute approximate surface area is 127 Å². The second kappa shape index (κ2) is 5.53. The number of nitrogens with one attached hydrogen (secondary N) is 1. The molecule has 1 aliphatic heterocycles. The standard InChI is InChI=1S/C16H15FN4O/c1-2-3-12-14-13(9-4-6-10(17)7-5-9)11(8-18)15(19)20-16(14)22-21-12/h4-7,13,20H,2-3,19H2,1H3/t13-/m1/s1. The number of halogens is 1. The summed E-state index contributed by atoms with van der Waals surface area (Å²) < 4.78 is 18.5. The topological polar surface area (TPSA) is 87.9 Å². The Bertz CT molecular complexity index is 770. The lowest BCUT2D eigenvalue weighted by atomic mass is 9.82. The van der Waals surface area contributed by atoms with Crippen LogP contribution in [-0.2, 0) is 6.42 Å². The van der Waals surface area contributed by atoms with Crippen LogP contribution in [0.5, 0.6) is 0 Å². The van der Waals surface area contributed by atoms with Gasteiger partial charge in [0, 0.05) is 0 Å². The van der Waals surface area contributed by atoms with Gasteiger partial charge in [-0.05, 0) is 24.1 Å². The minimum absolute atomic E-state index is 0.239. The Kier molecular flexibility index (Phi) is 3.55. The van der Waals surface area contributed by atoms with Gasteiger partial charge >= 0.3 is 0 Å². The molecule has 3 rings (SSSR count). The summed E-state index contributed by atoms with van der Waals surface area (Å²) in [5.41, 5.74) is 8.70. The third-order valence-corrected chi connectivity index (χ3v) is 3.73. The Morgan fingerprint density at radius 1 is 1.41 bits per heavy atom. The first kappa shape index (κ1) is 14.1. The molecule has 112 valence electrons. The number of rotatable bonds is 3. The van der Waals surface area contributed by atoms with Crippen LogP contribution in [0.4, 0.5) is 10.3 Å². The number of nitrogens with zero attached hydrogens (tertiary/aromatic N) is 2. The van der Waals surface area contributed by atoms with Crippen LogP contribution < -0.4 is 11.1 Å². The maximum atomic E-state index is 13.2. The number of nitriles is 1. The van der Waals surface area contributed by atoms with Gasteiger partial charge in [-0.1, -0.05) is 30.6 Å². The largest absolute Gasteiger partial charge is 0.384 e. The first-order valence-corrected chi connectivity index (χ1v) is 7.06. The van der Waals surface area contributed by atoms with Crippen LogP contribution in [0.3, 0.4) is 0 Å². The summed E-state index contributed by atoms with van der Waals surface area (Å²) >= 11 is 0. The minimum Gasteiger partial charge on any atom is -0.384 e. The number of allylic oxidation sites excluding steroid dienone is 1. The number of aromatic nitrogens is 1. The summed E-state index contributed by atoms with van der Waals surface area (Å²) in [7, 11) is 0. The SMILES string of the molecule is CCCc1noc2c1[C@H](c1ccc(F)cc1)C(C#N)=C(N)N2. The second-order valence-electron chi connectivity index (χ2n) is 5.17. The van der Waals surface area contributed by atoms with Crippen LogP contribution in [0.1, 0.15) is 36.1 Å². The highest BCUT2D eigenvalue weighted by atomic mass is 19.1. The van der Waals surface area contributed by atoms with Gasteiger partial charge in [-0.3, -0.25) is 0 Å². The molecule has 1 aliphatic rings. The average molecular weight is 298 g/mol. The molecule has 0 aliphatic carbocycles. The molecule has 2 aromatic rings. The highest BCUT2D eigenvalue weighted by Gasteiger charge is 2.34. The molecule has 0 spiro atoms. The van der Waals surface area contributed by atoms with Crippen molar-refractivity contribution in [3.8, 4) is 6.07 Å². The zero-order valence-corrected chi connectivity index (χ0v) is 12.1. The van der Waals surface area contributed by atoms with Crippen molar-refractivity contribution >= 4 is 5.88 Å². The second-order valence-corrected chi connectivity index (χ2v) is 5.17. The molecule has 0 amide bonds. The van der Waals surface area contributed by atoms with Gasteiger partial charge in [0.2, 0.25) is 5.88 Å². The van der Waals surface area contributed by atoms with Crippen LogP contribution >= 0.6 is 0 Å². The van der Waals surface area contributed by atoms with Gasteiger partial charge in [0.1, 0.15) is 11.6 Å². The van der Waals surface area contributed by atoms with Crippen molar-refractivity contribution in [2.75, 3.05) is 5.32 Å². The molecule has 6 heteroatoms. The fourth-order valence-electron chi connectivity index (χ4n) is 2.74. The molecular weight excluding hydrogens is 283 g/mol. The lowest BCUT2D eigenvalue weighted by Crippen LogP contribution is -2.23. The molecule has 22 heavy (non-hydrogen) atoms. The molecule has 3 N–H and O–H groups in total. The van der Waals surface area contributed by atoms with E-state index in [4.69, 9.17) is 10.3 Å². The van der Waals surface area contributed by atoms with Crippen LogP contribution in [-0.4, -0.2) is 5.16 Å². The van der Waals surface area contributed by atoms with Gasteiger partial charge < -0.3 is 15.6 Å². The van der Waals surface area contributed by atoms with E-state index >= 15 is 0 Å². The van der Waals surface area contributed by atoms with Gasteiger partial charge in [-0.25, -0.2) is 4.39 Å². The van der Waals surface area contributed by atoms with E-state index in [1.54, 1.807) is 12.1 Å². The summed E-state index contributed by atoms with van der Waals surface area (Å²) in [6.45, 7) is 2.04. The summed E-state index contributed by atoms with van der Waals surface area (Å²) in [6, 6.07) is 8.20. The molecule has 1 aromatic carbocycles. The van der Waals surface area contributed by atoms with E-state index in [1.165, 1.54) is 12.1 Å². The Morgan fingerprint density at radius 3 is 2.77 bits per heavy atom. The van der Waals surface area contributed by atoms with Gasteiger partial charge in [0.15, 0.2) is 0 Å². The van der Waals surface area contributed by atoms with Crippen LogP contribution in [0.2, 0.25) is 0 Å². The lowest BCUT2D eigenvalue weighted by Gasteiger charge is -2.24. The van der Waals surface area contributed by atoms with Gasteiger partial charge in [-0.2, -0.15) is 5.26 Å². The number of aryl methyl sites for hydroxylation is 1. The van der Waals surface area contributed by atoms with E-state index in [2.05, 4.69) is 16.5 Å². The Morgan fingerprint density at radius 2 is 2.14 bits per heavy atom. The van der Waals surface area contributed by atoms with E-state index < -0.39 is 5.92 Å². The van der Waals surface area contributed by atoms with Gasteiger partial charge in [0.25, 0.3) is 0 Å². The predicted octanol–water partition coefficient (Wildman–Crippen LogP) is 3.02. The molecule has 0 fully saturated rings. The fraction of sp³-hybridized carbons (Fsp3) is 0.250. The minimum atomic E-state index is -0.394. The van der Waals surface area contributed by atoms with E-state index in [9.17, 15) is 9.65 Å². The fourth-order valence-corrected chi connectivity index (χ4v) is 2.74. The highest BCUT2D eigenvalue weighted by molar-refractivity contribution is 5.64. The first-order valence-electron chi connectivity index (χ1n) is 7.06. The molecule has 1 atom stereocenters. The number of nitrogens with two attached hydrogens (primary N) is 1. The van der Waals surface area contributed by atoms with Crippen molar-refractivity contribution in [1.82, 2.24) is 5.16 Å². The summed E-state index contributed by atoms with van der Waals surface area (Å²) in [5.74, 6) is -0.0279. The number of hydrogen-bond acceptors (Lipinski definition) is 5. The van der Waals surface area contributed by atoms with E-state index in [-0.39, 0.29) is 11.6 Å². The normalized spacial score (nSPS) is 16.9. The van der Waals surface area contributed by atoms with Crippen molar-refractivity contribution < 1.29 is 8.91 Å². The number of benzene rings is 1. The van der Waals surface area contributed by atoms with Crippen LogP contribution in [0.25, 0.3) is 0 Å². The quantitative estimate of drug-likeness (QED) is 0.909. The molecule has 0 bridgehead atoms. The maximum Gasteiger partial charge on any atom is 0.234 e. The number of anilines is 1. The van der Waals surface area contributed by atoms with E-state index in [0.717, 1.165) is 29.7 Å². The predicted molar refractivity (Wildman–Crippen MR) is 79.2 cm³/mol. The molecular formula is C16H15FN4O. The van der Waals surface area contributed by atoms with Crippen LogP contribution in [0.15, 0.2) is 40.2 Å². The third-order valence-electron chi connectivity index (χ3n) is 3.73. The highest BCUT2D eigenvalue weighted by Crippen LogP contribution is 2.42.